The summed E-state index contributed by atoms with van der Waals surface area (Å²) in [4.78, 5) is 19.4. The highest BCUT2D eigenvalue weighted by Crippen LogP contribution is 2.28. The monoisotopic (exact) mass is 381 g/mol. The van der Waals surface area contributed by atoms with Crippen molar-refractivity contribution in [2.75, 3.05) is 25.0 Å². The molecule has 26 heavy (non-hydrogen) atoms. The smallest absolute Gasteiger partial charge is 0.252 e. The van der Waals surface area contributed by atoms with Crippen LogP contribution in [0.25, 0.3) is 0 Å². The van der Waals surface area contributed by atoms with Crippen molar-refractivity contribution in [2.24, 2.45) is 4.99 Å². The van der Waals surface area contributed by atoms with Gasteiger partial charge in [-0.3, -0.25) is 9.79 Å². The number of rotatable bonds is 4. The number of anilines is 1. The maximum Gasteiger partial charge on any atom is 0.252 e. The molecule has 4 nitrogen and oxygen atoms in total. The predicted octanol–water partition coefficient (Wildman–Crippen LogP) is 3.90. The van der Waals surface area contributed by atoms with E-state index in [2.05, 4.69) is 46.2 Å². The molecule has 3 aromatic rings. The van der Waals surface area contributed by atoms with Crippen LogP contribution in [0.4, 0.5) is 5.69 Å². The maximum atomic E-state index is 12.3. The minimum absolute atomic E-state index is 0.0285. The summed E-state index contributed by atoms with van der Waals surface area (Å²) in [5.41, 5.74) is 5.18. The van der Waals surface area contributed by atoms with E-state index in [1.807, 2.05) is 29.0 Å². The first-order valence-electron chi connectivity index (χ1n) is 8.43. The SMILES string of the molecule is CN1c2ccccc2C(c2ccsc2)=NCC1CNC(=O)c1ccsc1. The Morgan fingerprint density at radius 3 is 2.77 bits per heavy atom. The summed E-state index contributed by atoms with van der Waals surface area (Å²) in [7, 11) is 2.08. The Morgan fingerprint density at radius 2 is 2.00 bits per heavy atom. The average molecular weight is 382 g/mol. The number of amides is 1. The van der Waals surface area contributed by atoms with E-state index in [0.717, 1.165) is 22.5 Å². The second kappa shape index (κ2) is 7.43. The Hall–Kier alpha value is -2.44. The molecule has 1 atom stereocenters. The van der Waals surface area contributed by atoms with Crippen molar-refractivity contribution in [3.63, 3.8) is 0 Å². The number of benzene rings is 1. The number of aliphatic imine (C=N–C) groups is 1. The molecule has 1 aliphatic rings. The van der Waals surface area contributed by atoms with E-state index in [-0.39, 0.29) is 11.9 Å². The summed E-state index contributed by atoms with van der Waals surface area (Å²) in [5.74, 6) is -0.0285. The van der Waals surface area contributed by atoms with E-state index in [9.17, 15) is 4.79 Å². The van der Waals surface area contributed by atoms with E-state index in [1.54, 1.807) is 11.3 Å². The molecule has 132 valence electrons. The lowest BCUT2D eigenvalue weighted by Crippen LogP contribution is -2.43. The molecule has 4 rings (SSSR count). The summed E-state index contributed by atoms with van der Waals surface area (Å²) >= 11 is 3.21. The molecular weight excluding hydrogens is 362 g/mol. The van der Waals surface area contributed by atoms with Crippen LogP contribution < -0.4 is 10.2 Å². The standard InChI is InChI=1S/C20H19N3OS2/c1-23-16(11-22-20(24)15-7-9-26-13-15)10-21-19(14-6-8-25-12-14)17-4-2-3-5-18(17)23/h2-9,12-13,16H,10-11H2,1H3,(H,22,24). The summed E-state index contributed by atoms with van der Waals surface area (Å²) in [6.07, 6.45) is 0. The highest BCUT2D eigenvalue weighted by atomic mass is 32.1. The number of benzodiazepines with no additional fused rings is 1. The van der Waals surface area contributed by atoms with Crippen LogP contribution in [0.15, 0.2) is 62.9 Å². The van der Waals surface area contributed by atoms with E-state index in [1.165, 1.54) is 11.3 Å². The number of likely N-dealkylation sites (N-methyl/N-ethyl adjacent to an activating group) is 1. The van der Waals surface area contributed by atoms with Gasteiger partial charge in [0.1, 0.15) is 0 Å². The number of hydrogen-bond donors (Lipinski definition) is 1. The second-order valence-corrected chi connectivity index (χ2v) is 7.77. The molecular formula is C20H19N3OS2. The van der Waals surface area contributed by atoms with Crippen LogP contribution in [-0.4, -0.2) is 37.8 Å². The van der Waals surface area contributed by atoms with Gasteiger partial charge >= 0.3 is 0 Å². The molecule has 0 saturated heterocycles. The number of nitrogens with zero attached hydrogens (tertiary/aromatic N) is 2. The molecule has 1 aliphatic heterocycles. The summed E-state index contributed by atoms with van der Waals surface area (Å²) < 4.78 is 0. The minimum atomic E-state index is -0.0285. The van der Waals surface area contributed by atoms with Crippen molar-refractivity contribution >= 4 is 40.0 Å². The zero-order chi connectivity index (χ0) is 17.9. The quantitative estimate of drug-likeness (QED) is 0.745. The number of hydrogen-bond acceptors (Lipinski definition) is 5. The first-order valence-corrected chi connectivity index (χ1v) is 10.3. The summed E-state index contributed by atoms with van der Waals surface area (Å²) in [6.45, 7) is 1.19. The summed E-state index contributed by atoms with van der Waals surface area (Å²) in [6, 6.07) is 12.4. The molecule has 0 spiro atoms. The first kappa shape index (κ1) is 17.0. The zero-order valence-electron chi connectivity index (χ0n) is 14.4. The van der Waals surface area contributed by atoms with E-state index >= 15 is 0 Å². The van der Waals surface area contributed by atoms with Gasteiger partial charge in [-0.15, -0.1) is 0 Å². The number of thiophene rings is 2. The molecule has 6 heteroatoms. The van der Waals surface area contributed by atoms with Crippen molar-refractivity contribution in [1.29, 1.82) is 0 Å². The number of nitrogens with one attached hydrogen (secondary N) is 1. The second-order valence-electron chi connectivity index (χ2n) is 6.21. The van der Waals surface area contributed by atoms with Crippen LogP contribution in [0, 0.1) is 0 Å². The molecule has 1 unspecified atom stereocenters. The van der Waals surface area contributed by atoms with Gasteiger partial charge in [-0.05, 0) is 29.0 Å². The van der Waals surface area contributed by atoms with Crippen LogP contribution >= 0.6 is 22.7 Å². The van der Waals surface area contributed by atoms with Crippen molar-refractivity contribution < 1.29 is 4.79 Å². The lowest BCUT2D eigenvalue weighted by Gasteiger charge is -2.28. The summed E-state index contributed by atoms with van der Waals surface area (Å²) in [5, 5.41) is 11.0. The first-order chi connectivity index (χ1) is 12.7. The Bertz CT molecular complexity index is 916. The molecule has 0 saturated carbocycles. The number of carbonyl (C=O) groups excluding carboxylic acids is 1. The van der Waals surface area contributed by atoms with Crippen LogP contribution in [0.5, 0.6) is 0 Å². The third-order valence-electron chi connectivity index (χ3n) is 4.62. The molecule has 1 amide bonds. The number of carbonyl (C=O) groups is 1. The van der Waals surface area contributed by atoms with E-state index in [0.29, 0.717) is 18.7 Å². The zero-order valence-corrected chi connectivity index (χ0v) is 16.0. The molecule has 2 aromatic heterocycles. The fourth-order valence-corrected chi connectivity index (χ4v) is 4.41. The topological polar surface area (TPSA) is 44.7 Å². The van der Waals surface area contributed by atoms with Gasteiger partial charge in [-0.2, -0.15) is 22.7 Å². The van der Waals surface area contributed by atoms with Gasteiger partial charge < -0.3 is 10.2 Å². The van der Waals surface area contributed by atoms with Crippen molar-refractivity contribution in [3.05, 3.63) is 74.6 Å². The van der Waals surface area contributed by atoms with Gasteiger partial charge in [0, 0.05) is 46.7 Å². The van der Waals surface area contributed by atoms with E-state index < -0.39 is 0 Å². The Kier molecular flexibility index (Phi) is 4.86. The molecule has 1 N–H and O–H groups in total. The third-order valence-corrected chi connectivity index (χ3v) is 5.99. The minimum Gasteiger partial charge on any atom is -0.367 e. The van der Waals surface area contributed by atoms with Gasteiger partial charge in [0.05, 0.1) is 18.3 Å². The van der Waals surface area contributed by atoms with Crippen LogP contribution in [0.1, 0.15) is 21.5 Å². The molecule has 0 radical (unpaired) electrons. The number of para-hydroxylation sites is 1. The largest absolute Gasteiger partial charge is 0.367 e. The molecule has 1 aromatic carbocycles. The molecule has 3 heterocycles. The third kappa shape index (κ3) is 3.30. The number of fused-ring (bicyclic) bond motifs is 1. The van der Waals surface area contributed by atoms with Crippen molar-refractivity contribution in [1.82, 2.24) is 5.32 Å². The normalized spacial score (nSPS) is 16.6. The fourth-order valence-electron chi connectivity index (χ4n) is 3.14. The van der Waals surface area contributed by atoms with E-state index in [4.69, 9.17) is 4.99 Å². The highest BCUT2D eigenvalue weighted by Gasteiger charge is 2.24. The Balaban J connectivity index is 1.59. The molecule has 0 fully saturated rings. The van der Waals surface area contributed by atoms with Crippen LogP contribution in [-0.2, 0) is 0 Å². The van der Waals surface area contributed by atoms with Crippen LogP contribution in [0.3, 0.4) is 0 Å². The average Bonchev–Trinajstić information content (AvgIpc) is 3.36. The highest BCUT2D eigenvalue weighted by molar-refractivity contribution is 7.08. The fraction of sp³-hybridized carbons (Fsp3) is 0.200. The van der Waals surface area contributed by atoms with Gasteiger partial charge in [0.2, 0.25) is 0 Å². The Labute approximate surface area is 160 Å². The van der Waals surface area contributed by atoms with Gasteiger partial charge in [0.25, 0.3) is 5.91 Å². The van der Waals surface area contributed by atoms with Crippen molar-refractivity contribution in [3.8, 4) is 0 Å². The lowest BCUT2D eigenvalue weighted by atomic mass is 10.0. The maximum absolute atomic E-state index is 12.3. The molecule has 0 aliphatic carbocycles. The van der Waals surface area contributed by atoms with Gasteiger partial charge in [-0.25, -0.2) is 0 Å². The Morgan fingerprint density at radius 1 is 1.19 bits per heavy atom. The molecule has 0 bridgehead atoms. The van der Waals surface area contributed by atoms with Crippen molar-refractivity contribution in [2.45, 2.75) is 6.04 Å². The van der Waals surface area contributed by atoms with Crippen LogP contribution in [0.2, 0.25) is 0 Å². The van der Waals surface area contributed by atoms with Gasteiger partial charge in [-0.1, -0.05) is 18.2 Å². The lowest BCUT2D eigenvalue weighted by molar-refractivity contribution is 0.0952. The predicted molar refractivity (Wildman–Crippen MR) is 110 cm³/mol. The van der Waals surface area contributed by atoms with Gasteiger partial charge in [0.15, 0.2) is 0 Å².